The van der Waals surface area contributed by atoms with Gasteiger partial charge in [-0.3, -0.25) is 0 Å². The molecule has 1 aromatic carbocycles. The number of fused-ring (bicyclic) bond motifs is 1. The van der Waals surface area contributed by atoms with Crippen molar-refractivity contribution in [2.45, 2.75) is 5.88 Å². The Labute approximate surface area is 115 Å². The van der Waals surface area contributed by atoms with Crippen LogP contribution in [-0.2, 0) is 10.6 Å². The molecular formula is C12H13Cl2N3O. The number of alkyl halides is 1. The lowest BCUT2D eigenvalue weighted by Gasteiger charge is -2.31. The van der Waals surface area contributed by atoms with Crippen LogP contribution in [0.5, 0.6) is 0 Å². The largest absolute Gasteiger partial charge is 0.378 e. The lowest BCUT2D eigenvalue weighted by atomic mass is 10.3. The number of imidazole rings is 1. The molecule has 18 heavy (non-hydrogen) atoms. The third-order valence-electron chi connectivity index (χ3n) is 3.05. The highest BCUT2D eigenvalue weighted by Gasteiger charge is 2.18. The molecule has 0 unspecified atom stereocenters. The Bertz CT molecular complexity index is 564. The second-order valence-electron chi connectivity index (χ2n) is 4.17. The van der Waals surface area contributed by atoms with Crippen LogP contribution in [0.25, 0.3) is 11.0 Å². The smallest absolute Gasteiger partial charge is 0.143 e. The van der Waals surface area contributed by atoms with E-state index in [0.717, 1.165) is 43.2 Å². The lowest BCUT2D eigenvalue weighted by molar-refractivity contribution is 0.111. The second kappa shape index (κ2) is 4.96. The van der Waals surface area contributed by atoms with Crippen LogP contribution in [0, 0.1) is 0 Å². The van der Waals surface area contributed by atoms with Crippen molar-refractivity contribution < 1.29 is 4.74 Å². The van der Waals surface area contributed by atoms with E-state index in [-0.39, 0.29) is 0 Å². The van der Waals surface area contributed by atoms with Crippen molar-refractivity contribution in [3.8, 4) is 0 Å². The standard InChI is InChI=1S/C12H13Cl2N3O/c13-8-12-15-10-2-1-9(14)7-11(10)17(12)16-3-5-18-6-4-16/h1-2,7H,3-6,8H2. The molecular weight excluding hydrogens is 273 g/mol. The summed E-state index contributed by atoms with van der Waals surface area (Å²) < 4.78 is 7.44. The van der Waals surface area contributed by atoms with Crippen molar-refractivity contribution in [3.63, 3.8) is 0 Å². The van der Waals surface area contributed by atoms with Gasteiger partial charge in [-0.1, -0.05) is 11.6 Å². The molecule has 1 saturated heterocycles. The fourth-order valence-corrected chi connectivity index (χ4v) is 2.58. The first-order valence-electron chi connectivity index (χ1n) is 5.85. The Morgan fingerprint density at radius 2 is 2.06 bits per heavy atom. The van der Waals surface area contributed by atoms with E-state index in [9.17, 15) is 0 Å². The fourth-order valence-electron chi connectivity index (χ4n) is 2.24. The van der Waals surface area contributed by atoms with Gasteiger partial charge in [0, 0.05) is 5.02 Å². The Hall–Kier alpha value is -0.970. The topological polar surface area (TPSA) is 30.3 Å². The van der Waals surface area contributed by atoms with Gasteiger partial charge in [0.25, 0.3) is 0 Å². The van der Waals surface area contributed by atoms with Gasteiger partial charge >= 0.3 is 0 Å². The summed E-state index contributed by atoms with van der Waals surface area (Å²) >= 11 is 12.1. The number of morpholine rings is 1. The molecule has 0 bridgehead atoms. The van der Waals surface area contributed by atoms with E-state index in [2.05, 4.69) is 14.7 Å². The third kappa shape index (κ3) is 2.05. The minimum absolute atomic E-state index is 0.379. The quantitative estimate of drug-likeness (QED) is 0.794. The van der Waals surface area contributed by atoms with Gasteiger partial charge in [0.15, 0.2) is 0 Å². The molecule has 0 spiro atoms. The van der Waals surface area contributed by atoms with Gasteiger partial charge in [-0.05, 0) is 18.2 Å². The normalized spacial score (nSPS) is 16.4. The fraction of sp³-hybridized carbons (Fsp3) is 0.417. The zero-order chi connectivity index (χ0) is 12.5. The van der Waals surface area contributed by atoms with Crippen molar-refractivity contribution in [1.82, 2.24) is 9.66 Å². The van der Waals surface area contributed by atoms with Crippen molar-refractivity contribution in [3.05, 3.63) is 29.0 Å². The number of benzene rings is 1. The molecule has 2 aromatic rings. The third-order valence-corrected chi connectivity index (χ3v) is 3.52. The number of hydrogen-bond donors (Lipinski definition) is 0. The minimum Gasteiger partial charge on any atom is -0.378 e. The van der Waals surface area contributed by atoms with Gasteiger partial charge in [-0.2, -0.15) is 0 Å². The summed E-state index contributed by atoms with van der Waals surface area (Å²) in [5.41, 5.74) is 1.92. The van der Waals surface area contributed by atoms with Gasteiger partial charge < -0.3 is 9.75 Å². The minimum atomic E-state index is 0.379. The lowest BCUT2D eigenvalue weighted by Crippen LogP contribution is -2.44. The van der Waals surface area contributed by atoms with E-state index >= 15 is 0 Å². The Balaban J connectivity index is 2.14. The van der Waals surface area contributed by atoms with Crippen LogP contribution in [-0.4, -0.2) is 36.0 Å². The average Bonchev–Trinajstić information content (AvgIpc) is 2.77. The van der Waals surface area contributed by atoms with E-state index in [0.29, 0.717) is 10.9 Å². The number of halogens is 2. The number of hydrogen-bond acceptors (Lipinski definition) is 3. The molecule has 0 radical (unpaired) electrons. The highest BCUT2D eigenvalue weighted by molar-refractivity contribution is 6.31. The number of aromatic nitrogens is 2. The summed E-state index contributed by atoms with van der Waals surface area (Å²) in [6, 6.07) is 5.69. The zero-order valence-corrected chi connectivity index (χ0v) is 11.3. The molecule has 1 aliphatic rings. The van der Waals surface area contributed by atoms with E-state index in [1.54, 1.807) is 0 Å². The van der Waals surface area contributed by atoms with Crippen LogP contribution in [0.15, 0.2) is 18.2 Å². The Morgan fingerprint density at radius 1 is 1.28 bits per heavy atom. The molecule has 2 heterocycles. The maximum atomic E-state index is 6.06. The molecule has 0 N–H and O–H groups in total. The summed E-state index contributed by atoms with van der Waals surface area (Å²) in [7, 11) is 0. The molecule has 1 aliphatic heterocycles. The predicted molar refractivity (Wildman–Crippen MR) is 73.1 cm³/mol. The zero-order valence-electron chi connectivity index (χ0n) is 9.77. The maximum Gasteiger partial charge on any atom is 0.143 e. The highest BCUT2D eigenvalue weighted by atomic mass is 35.5. The van der Waals surface area contributed by atoms with E-state index < -0.39 is 0 Å². The Morgan fingerprint density at radius 3 is 2.78 bits per heavy atom. The van der Waals surface area contributed by atoms with E-state index in [1.807, 2.05) is 18.2 Å². The molecule has 1 fully saturated rings. The monoisotopic (exact) mass is 285 g/mol. The van der Waals surface area contributed by atoms with Gasteiger partial charge in [-0.15, -0.1) is 11.6 Å². The molecule has 3 rings (SSSR count). The molecule has 96 valence electrons. The number of rotatable bonds is 2. The SMILES string of the molecule is ClCc1nc2ccc(Cl)cc2n1N1CCOCC1. The first-order chi connectivity index (χ1) is 8.79. The van der Waals surface area contributed by atoms with Crippen molar-refractivity contribution in [1.29, 1.82) is 0 Å². The first kappa shape index (κ1) is 12.1. The summed E-state index contributed by atoms with van der Waals surface area (Å²) in [4.78, 5) is 4.54. The molecule has 0 saturated carbocycles. The maximum absolute atomic E-state index is 6.06. The highest BCUT2D eigenvalue weighted by Crippen LogP contribution is 2.22. The summed E-state index contributed by atoms with van der Waals surface area (Å²) in [6.07, 6.45) is 0. The second-order valence-corrected chi connectivity index (χ2v) is 4.88. The first-order valence-corrected chi connectivity index (χ1v) is 6.76. The van der Waals surface area contributed by atoms with Crippen LogP contribution in [0.2, 0.25) is 5.02 Å². The summed E-state index contributed by atoms with van der Waals surface area (Å²) in [6.45, 7) is 3.12. The summed E-state index contributed by atoms with van der Waals surface area (Å²) in [5, 5.41) is 2.91. The molecule has 0 aliphatic carbocycles. The van der Waals surface area contributed by atoms with Crippen LogP contribution >= 0.6 is 23.2 Å². The van der Waals surface area contributed by atoms with Gasteiger partial charge in [-0.25, -0.2) is 9.66 Å². The van der Waals surface area contributed by atoms with Crippen molar-refractivity contribution in [2.75, 3.05) is 31.3 Å². The van der Waals surface area contributed by atoms with Crippen LogP contribution < -0.4 is 5.01 Å². The molecule has 6 heteroatoms. The predicted octanol–water partition coefficient (Wildman–Crippen LogP) is 2.40. The van der Waals surface area contributed by atoms with E-state index in [1.165, 1.54) is 0 Å². The van der Waals surface area contributed by atoms with Gasteiger partial charge in [0.1, 0.15) is 5.82 Å². The van der Waals surface area contributed by atoms with Gasteiger partial charge in [0.05, 0.1) is 43.2 Å². The van der Waals surface area contributed by atoms with Crippen molar-refractivity contribution >= 4 is 34.2 Å². The van der Waals surface area contributed by atoms with Crippen molar-refractivity contribution in [2.24, 2.45) is 0 Å². The van der Waals surface area contributed by atoms with E-state index in [4.69, 9.17) is 27.9 Å². The van der Waals surface area contributed by atoms with Crippen LogP contribution in [0.3, 0.4) is 0 Å². The molecule has 4 nitrogen and oxygen atoms in total. The Kier molecular flexibility index (Phi) is 3.33. The van der Waals surface area contributed by atoms with Gasteiger partial charge in [0.2, 0.25) is 0 Å². The molecule has 0 atom stereocenters. The number of ether oxygens (including phenoxy) is 1. The summed E-state index contributed by atoms with van der Waals surface area (Å²) in [5.74, 6) is 1.22. The average molecular weight is 286 g/mol. The molecule has 1 aromatic heterocycles. The van der Waals surface area contributed by atoms with Crippen LogP contribution in [0.1, 0.15) is 5.82 Å². The number of nitrogens with zero attached hydrogens (tertiary/aromatic N) is 3. The van der Waals surface area contributed by atoms with Crippen LogP contribution in [0.4, 0.5) is 0 Å². The molecule has 0 amide bonds.